The van der Waals surface area contributed by atoms with Crippen molar-refractivity contribution in [1.82, 2.24) is 10.2 Å². The van der Waals surface area contributed by atoms with Crippen molar-refractivity contribution < 1.29 is 19.4 Å². The first kappa shape index (κ1) is 30.6. The quantitative estimate of drug-likeness (QED) is 0.117. The van der Waals surface area contributed by atoms with E-state index in [2.05, 4.69) is 20.2 Å². The van der Waals surface area contributed by atoms with Gasteiger partial charge < -0.3 is 24.8 Å². The molecule has 4 rings (SSSR count). The average molecular weight is 571 g/mol. The fourth-order valence-corrected chi connectivity index (χ4v) is 4.96. The number of carbonyl (C=O) groups excluding carboxylic acids is 1. The van der Waals surface area contributed by atoms with E-state index >= 15 is 0 Å². The lowest BCUT2D eigenvalue weighted by Gasteiger charge is -2.32. The summed E-state index contributed by atoms with van der Waals surface area (Å²) >= 11 is 0. The third kappa shape index (κ3) is 7.67. The molecule has 0 fully saturated rings. The topological polar surface area (TPSA) is 132 Å². The highest BCUT2D eigenvalue weighted by atomic mass is 16.5. The van der Waals surface area contributed by atoms with Crippen LogP contribution in [0, 0.1) is 0 Å². The lowest BCUT2D eigenvalue weighted by atomic mass is 9.80. The lowest BCUT2D eigenvalue weighted by Crippen LogP contribution is -2.50. The first-order valence-corrected chi connectivity index (χ1v) is 14.1. The molecule has 10 heteroatoms. The first-order chi connectivity index (χ1) is 20.5. The highest BCUT2D eigenvalue weighted by Crippen LogP contribution is 2.43. The summed E-state index contributed by atoms with van der Waals surface area (Å²) in [6.45, 7) is 1.92. The fourth-order valence-electron chi connectivity index (χ4n) is 4.96. The van der Waals surface area contributed by atoms with Crippen molar-refractivity contribution in [2.45, 2.75) is 37.5 Å². The van der Waals surface area contributed by atoms with Gasteiger partial charge in [-0.15, -0.1) is 0 Å². The number of aliphatic hydroxyl groups excluding tert-OH is 1. The minimum atomic E-state index is -1.32. The van der Waals surface area contributed by atoms with E-state index in [0.717, 1.165) is 29.7 Å². The second-order valence-corrected chi connectivity index (χ2v) is 10.5. The van der Waals surface area contributed by atoms with Crippen molar-refractivity contribution in [1.29, 1.82) is 0 Å². The van der Waals surface area contributed by atoms with Crippen molar-refractivity contribution in [3.05, 3.63) is 112 Å². The van der Waals surface area contributed by atoms with E-state index in [0.29, 0.717) is 43.2 Å². The number of amides is 1. The van der Waals surface area contributed by atoms with Gasteiger partial charge in [-0.05, 0) is 73.5 Å². The van der Waals surface area contributed by atoms with E-state index in [9.17, 15) is 4.79 Å². The van der Waals surface area contributed by atoms with Crippen LogP contribution in [0.15, 0.2) is 89.0 Å². The van der Waals surface area contributed by atoms with E-state index in [4.69, 9.17) is 25.1 Å². The summed E-state index contributed by atoms with van der Waals surface area (Å²) in [6.07, 6.45) is 0.861. The van der Waals surface area contributed by atoms with Crippen LogP contribution in [0.3, 0.4) is 0 Å². The summed E-state index contributed by atoms with van der Waals surface area (Å²) in [4.78, 5) is 24.4. The summed E-state index contributed by atoms with van der Waals surface area (Å²) in [5.74, 6) is 0.781. The van der Waals surface area contributed by atoms with Crippen molar-refractivity contribution in [2.24, 2.45) is 10.1 Å². The molecule has 0 aromatic heterocycles. The highest BCUT2D eigenvalue weighted by molar-refractivity contribution is 6.01. The molecule has 0 spiro atoms. The molecule has 0 aliphatic carbocycles. The Morgan fingerprint density at radius 2 is 1.83 bits per heavy atom. The molecular weight excluding hydrogens is 532 g/mol. The van der Waals surface area contributed by atoms with Crippen molar-refractivity contribution >= 4 is 11.8 Å². The number of aliphatic hydroxyl groups is 1. The molecular formula is C32H38N6O4. The molecule has 1 aliphatic heterocycles. The van der Waals surface area contributed by atoms with Gasteiger partial charge in [-0.25, -0.2) is 4.99 Å². The number of nitrogens with zero attached hydrogens (tertiary/aromatic N) is 5. The van der Waals surface area contributed by atoms with Gasteiger partial charge in [0.2, 0.25) is 5.90 Å². The number of nitrogens with one attached hydrogen (secondary N) is 1. The highest BCUT2D eigenvalue weighted by Gasteiger charge is 2.53. The molecule has 0 unspecified atom stereocenters. The second kappa shape index (κ2) is 15.0. The van der Waals surface area contributed by atoms with Gasteiger partial charge in [0.25, 0.3) is 5.91 Å². The van der Waals surface area contributed by atoms with Crippen LogP contribution in [0.4, 0.5) is 0 Å². The predicted molar refractivity (Wildman–Crippen MR) is 162 cm³/mol. The van der Waals surface area contributed by atoms with Crippen LogP contribution in [0.1, 0.15) is 41.2 Å². The molecule has 3 aromatic rings. The number of carbonyl (C=O) groups is 1. The zero-order valence-corrected chi connectivity index (χ0v) is 24.1. The van der Waals surface area contributed by atoms with E-state index in [-0.39, 0.29) is 19.1 Å². The van der Waals surface area contributed by atoms with Crippen LogP contribution < -0.4 is 10.1 Å². The minimum absolute atomic E-state index is 0.0615. The van der Waals surface area contributed by atoms with Crippen LogP contribution in [-0.4, -0.2) is 67.7 Å². The molecule has 2 N–H and O–H groups in total. The zero-order chi connectivity index (χ0) is 29.8. The van der Waals surface area contributed by atoms with Gasteiger partial charge in [0.1, 0.15) is 5.75 Å². The number of aliphatic imine (C=N–C) groups is 1. The standard InChI is InChI=1S/C32H38N6O4/c1-38(2)19-8-18-34-31(40)32(22-24-10-4-3-5-11-24)29(28-13-7-6-12-26(28)23-35-37-33)42-30(36-32)25-14-16-27(17-15-25)41-21-9-20-39/h3-7,10-17,29,39H,8-9,18-23H2,1-2H3,(H,34,40)/t29-,32-/m1/s1. The molecule has 42 heavy (non-hydrogen) atoms. The summed E-state index contributed by atoms with van der Waals surface area (Å²) in [7, 11) is 4.00. The third-order valence-electron chi connectivity index (χ3n) is 7.06. The molecule has 10 nitrogen and oxygen atoms in total. The van der Waals surface area contributed by atoms with Crippen molar-refractivity contribution in [3.8, 4) is 5.75 Å². The van der Waals surface area contributed by atoms with Crippen LogP contribution in [0.2, 0.25) is 0 Å². The van der Waals surface area contributed by atoms with E-state index < -0.39 is 11.6 Å². The molecule has 3 aromatic carbocycles. The predicted octanol–water partition coefficient (Wildman–Crippen LogP) is 4.83. The Kier molecular flexibility index (Phi) is 10.9. The summed E-state index contributed by atoms with van der Waals surface area (Å²) < 4.78 is 12.3. The van der Waals surface area contributed by atoms with E-state index in [1.165, 1.54) is 0 Å². The van der Waals surface area contributed by atoms with Crippen LogP contribution in [0.25, 0.3) is 10.4 Å². The molecule has 0 radical (unpaired) electrons. The van der Waals surface area contributed by atoms with Crippen LogP contribution in [-0.2, 0) is 22.5 Å². The van der Waals surface area contributed by atoms with Crippen LogP contribution >= 0.6 is 0 Å². The number of hydrogen-bond acceptors (Lipinski definition) is 7. The maximum absolute atomic E-state index is 14.3. The largest absolute Gasteiger partial charge is 0.494 e. The molecule has 1 amide bonds. The van der Waals surface area contributed by atoms with Gasteiger partial charge in [0.15, 0.2) is 11.6 Å². The smallest absolute Gasteiger partial charge is 0.252 e. The second-order valence-electron chi connectivity index (χ2n) is 10.5. The molecule has 0 saturated carbocycles. The summed E-state index contributed by atoms with van der Waals surface area (Å²) in [5, 5.41) is 16.0. The lowest BCUT2D eigenvalue weighted by molar-refractivity contribution is -0.129. The normalized spacial score (nSPS) is 17.7. The number of rotatable bonds is 15. The van der Waals surface area contributed by atoms with Gasteiger partial charge in [-0.1, -0.05) is 59.7 Å². The molecule has 0 saturated heterocycles. The molecule has 0 bridgehead atoms. The average Bonchev–Trinajstić information content (AvgIpc) is 3.39. The first-order valence-electron chi connectivity index (χ1n) is 14.1. The number of azide groups is 1. The monoisotopic (exact) mass is 570 g/mol. The maximum atomic E-state index is 14.3. The zero-order valence-electron chi connectivity index (χ0n) is 24.1. The van der Waals surface area contributed by atoms with Gasteiger partial charge in [-0.2, -0.15) is 0 Å². The Hall–Kier alpha value is -4.37. The third-order valence-corrected chi connectivity index (χ3v) is 7.06. The number of ether oxygens (including phenoxy) is 2. The Labute approximate surface area is 246 Å². The Balaban J connectivity index is 1.77. The van der Waals surface area contributed by atoms with E-state index in [1.54, 1.807) is 0 Å². The SMILES string of the molecule is CN(C)CCCNC(=O)[C@]1(Cc2ccccc2)N=C(c2ccc(OCCCO)cc2)O[C@@H]1c1ccccc1CN=[N+]=[N-]. The minimum Gasteiger partial charge on any atom is -0.494 e. The molecule has 1 aliphatic rings. The number of benzene rings is 3. The fraction of sp³-hybridized carbons (Fsp3) is 0.375. The number of hydrogen-bond donors (Lipinski definition) is 2. The summed E-state index contributed by atoms with van der Waals surface area (Å²) in [5.41, 5.74) is 10.9. The van der Waals surface area contributed by atoms with Gasteiger partial charge in [-0.3, -0.25) is 4.79 Å². The van der Waals surface area contributed by atoms with Crippen LogP contribution in [0.5, 0.6) is 5.75 Å². The Morgan fingerprint density at radius 1 is 1.10 bits per heavy atom. The van der Waals surface area contributed by atoms with E-state index in [1.807, 2.05) is 93.0 Å². The maximum Gasteiger partial charge on any atom is 0.252 e. The molecule has 2 atom stereocenters. The van der Waals surface area contributed by atoms with Crippen molar-refractivity contribution in [2.75, 3.05) is 40.4 Å². The van der Waals surface area contributed by atoms with Crippen molar-refractivity contribution in [3.63, 3.8) is 0 Å². The Bertz CT molecular complexity index is 1390. The van der Waals surface area contributed by atoms with Gasteiger partial charge in [0, 0.05) is 36.5 Å². The molecule has 220 valence electrons. The van der Waals surface area contributed by atoms with Gasteiger partial charge >= 0.3 is 0 Å². The van der Waals surface area contributed by atoms with Gasteiger partial charge in [0.05, 0.1) is 13.2 Å². The summed E-state index contributed by atoms with van der Waals surface area (Å²) in [6, 6.07) is 24.7. The Morgan fingerprint density at radius 3 is 2.55 bits per heavy atom. The molecule has 1 heterocycles.